The third kappa shape index (κ3) is 6.99. The number of hydrogen-bond acceptors (Lipinski definition) is 6. The molecule has 0 aromatic heterocycles. The third-order valence-electron chi connectivity index (χ3n) is 5.75. The second-order valence-corrected chi connectivity index (χ2v) is 8.44. The lowest BCUT2D eigenvalue weighted by molar-refractivity contribution is -0.251. The van der Waals surface area contributed by atoms with E-state index in [1.54, 1.807) is 54.6 Å². The van der Waals surface area contributed by atoms with E-state index in [9.17, 15) is 9.59 Å². The Morgan fingerprint density at radius 3 is 2.26 bits per heavy atom. The van der Waals surface area contributed by atoms with Gasteiger partial charge in [0, 0.05) is 5.56 Å². The first-order chi connectivity index (χ1) is 18.5. The van der Waals surface area contributed by atoms with Gasteiger partial charge in [0.15, 0.2) is 0 Å². The molecule has 0 unspecified atom stereocenters. The molecular weight excluding hydrogens is 482 g/mol. The molecule has 7 nitrogen and oxygen atoms in total. The van der Waals surface area contributed by atoms with Gasteiger partial charge >= 0.3 is 5.97 Å². The summed E-state index contributed by atoms with van der Waals surface area (Å²) in [7, 11) is 0. The van der Waals surface area contributed by atoms with Crippen molar-refractivity contribution in [1.29, 1.82) is 0 Å². The molecular formula is C31H29NO6. The number of ether oxygens (including phenoxy) is 2. The Hall–Kier alpha value is -4.62. The molecule has 0 saturated carbocycles. The van der Waals surface area contributed by atoms with Crippen LogP contribution in [0.3, 0.4) is 0 Å². The summed E-state index contributed by atoms with van der Waals surface area (Å²) < 4.78 is 11.0. The van der Waals surface area contributed by atoms with Crippen molar-refractivity contribution in [2.75, 3.05) is 13.2 Å². The van der Waals surface area contributed by atoms with Crippen molar-refractivity contribution < 1.29 is 28.8 Å². The van der Waals surface area contributed by atoms with E-state index in [1.807, 2.05) is 38.1 Å². The number of carbonyl (C=O) groups excluding carboxylic acids is 2. The summed E-state index contributed by atoms with van der Waals surface area (Å²) in [5, 5.41) is 5.28. The Morgan fingerprint density at radius 1 is 0.816 bits per heavy atom. The standard InChI is InChI=1S/C31H29NO6/c1-3-19-36-37-21-20-35-26-15-13-25(14-16-26)31(34)38-27-17-11-24(12-18-27)30(33)32-22(2)28-10-6-8-23-7-4-5-9-29(23)28/h3-19,22H,20-21H2,1-2H3,(H,32,33)/b19-3-/t22-/m0/s1. The van der Waals surface area contributed by atoms with Crippen molar-refractivity contribution in [2.45, 2.75) is 19.9 Å². The highest BCUT2D eigenvalue weighted by molar-refractivity contribution is 5.95. The number of amides is 1. The van der Waals surface area contributed by atoms with Crippen LogP contribution in [0, 0.1) is 0 Å². The van der Waals surface area contributed by atoms with Crippen LogP contribution in [0.25, 0.3) is 10.8 Å². The molecule has 4 rings (SSSR count). The average molecular weight is 512 g/mol. The van der Waals surface area contributed by atoms with Crippen LogP contribution < -0.4 is 14.8 Å². The molecule has 4 aromatic rings. The van der Waals surface area contributed by atoms with Crippen LogP contribution in [-0.2, 0) is 9.78 Å². The van der Waals surface area contributed by atoms with Crippen LogP contribution in [0.5, 0.6) is 11.5 Å². The SMILES string of the molecule is C/C=C\OOCCOc1ccc(C(=O)Oc2ccc(C(=O)N[C@@H](C)c3cccc4ccccc34)cc2)cc1. The first-order valence-electron chi connectivity index (χ1n) is 12.3. The minimum absolute atomic E-state index is 0.183. The highest BCUT2D eigenvalue weighted by atomic mass is 17.2. The summed E-state index contributed by atoms with van der Waals surface area (Å²) in [4.78, 5) is 35.0. The van der Waals surface area contributed by atoms with E-state index in [2.05, 4.69) is 23.5 Å². The van der Waals surface area contributed by atoms with Crippen LogP contribution in [0.1, 0.15) is 46.2 Å². The van der Waals surface area contributed by atoms with Gasteiger partial charge in [-0.1, -0.05) is 42.5 Å². The molecule has 0 radical (unpaired) electrons. The fourth-order valence-electron chi connectivity index (χ4n) is 3.85. The molecule has 0 spiro atoms. The minimum atomic E-state index is -0.513. The normalized spacial score (nSPS) is 11.7. The largest absolute Gasteiger partial charge is 0.491 e. The zero-order chi connectivity index (χ0) is 26.7. The van der Waals surface area contributed by atoms with E-state index in [-0.39, 0.29) is 18.6 Å². The molecule has 4 aromatic carbocycles. The van der Waals surface area contributed by atoms with E-state index in [1.165, 1.54) is 6.26 Å². The van der Waals surface area contributed by atoms with E-state index < -0.39 is 5.97 Å². The zero-order valence-electron chi connectivity index (χ0n) is 21.3. The molecule has 0 bridgehead atoms. The van der Waals surface area contributed by atoms with Crippen LogP contribution in [-0.4, -0.2) is 25.1 Å². The second-order valence-electron chi connectivity index (χ2n) is 8.44. The number of benzene rings is 4. The second kappa shape index (κ2) is 13.1. The predicted molar refractivity (Wildman–Crippen MR) is 145 cm³/mol. The molecule has 38 heavy (non-hydrogen) atoms. The molecule has 1 N–H and O–H groups in total. The summed E-state index contributed by atoms with van der Waals surface area (Å²) in [5.41, 5.74) is 1.89. The van der Waals surface area contributed by atoms with Gasteiger partial charge in [0.25, 0.3) is 5.91 Å². The van der Waals surface area contributed by atoms with E-state index >= 15 is 0 Å². The maximum absolute atomic E-state index is 12.8. The predicted octanol–water partition coefficient (Wildman–Crippen LogP) is 6.41. The number of allylic oxidation sites excluding steroid dienone is 1. The van der Waals surface area contributed by atoms with Gasteiger partial charge in [-0.3, -0.25) is 4.79 Å². The monoisotopic (exact) mass is 511 g/mol. The fraction of sp³-hybridized carbons (Fsp3) is 0.161. The summed E-state index contributed by atoms with van der Waals surface area (Å²) >= 11 is 0. The molecule has 194 valence electrons. The van der Waals surface area contributed by atoms with Gasteiger partial charge in [0.2, 0.25) is 0 Å². The average Bonchev–Trinajstić information content (AvgIpc) is 2.95. The van der Waals surface area contributed by atoms with Crippen molar-refractivity contribution in [3.05, 3.63) is 120 Å². The van der Waals surface area contributed by atoms with Crippen LogP contribution in [0.4, 0.5) is 0 Å². The topological polar surface area (TPSA) is 83.1 Å². The zero-order valence-corrected chi connectivity index (χ0v) is 21.3. The van der Waals surface area contributed by atoms with Crippen molar-refractivity contribution in [3.63, 3.8) is 0 Å². The first-order valence-corrected chi connectivity index (χ1v) is 12.3. The van der Waals surface area contributed by atoms with Crippen LogP contribution in [0.2, 0.25) is 0 Å². The highest BCUT2D eigenvalue weighted by Gasteiger charge is 2.15. The Kier molecular flexibility index (Phi) is 9.10. The minimum Gasteiger partial charge on any atom is -0.491 e. The molecule has 0 aliphatic carbocycles. The molecule has 0 saturated heterocycles. The molecule has 0 aliphatic heterocycles. The molecule has 1 atom stereocenters. The Morgan fingerprint density at radius 2 is 1.50 bits per heavy atom. The summed E-state index contributed by atoms with van der Waals surface area (Å²) in [6.07, 6.45) is 3.13. The van der Waals surface area contributed by atoms with Crippen molar-refractivity contribution in [3.8, 4) is 11.5 Å². The van der Waals surface area contributed by atoms with Gasteiger partial charge in [-0.05, 0) is 84.8 Å². The van der Waals surface area contributed by atoms with Crippen LogP contribution >= 0.6 is 0 Å². The smallest absolute Gasteiger partial charge is 0.343 e. The molecule has 1 amide bonds. The van der Waals surface area contributed by atoms with Gasteiger partial charge in [0.1, 0.15) is 31.0 Å². The summed E-state index contributed by atoms with van der Waals surface area (Å²) in [6, 6.07) is 27.0. The van der Waals surface area contributed by atoms with Crippen molar-refractivity contribution in [1.82, 2.24) is 5.32 Å². The lowest BCUT2D eigenvalue weighted by atomic mass is 9.99. The quantitative estimate of drug-likeness (QED) is 0.0626. The maximum Gasteiger partial charge on any atom is 0.343 e. The van der Waals surface area contributed by atoms with Gasteiger partial charge in [-0.15, -0.1) is 0 Å². The summed E-state index contributed by atoms with van der Waals surface area (Å²) in [6.45, 7) is 4.32. The molecule has 0 aliphatic rings. The van der Waals surface area contributed by atoms with E-state index in [0.717, 1.165) is 16.3 Å². The molecule has 0 heterocycles. The number of hydrogen-bond donors (Lipinski definition) is 1. The highest BCUT2D eigenvalue weighted by Crippen LogP contribution is 2.24. The number of nitrogens with one attached hydrogen (secondary N) is 1. The Balaban J connectivity index is 1.29. The maximum atomic E-state index is 12.8. The van der Waals surface area contributed by atoms with E-state index in [0.29, 0.717) is 29.2 Å². The number of rotatable bonds is 11. The van der Waals surface area contributed by atoms with Crippen molar-refractivity contribution in [2.24, 2.45) is 0 Å². The lowest BCUT2D eigenvalue weighted by Crippen LogP contribution is -2.26. The number of esters is 1. The van der Waals surface area contributed by atoms with Gasteiger partial charge in [-0.25, -0.2) is 4.79 Å². The van der Waals surface area contributed by atoms with Gasteiger partial charge in [-0.2, -0.15) is 4.89 Å². The number of carbonyl (C=O) groups is 2. The third-order valence-corrected chi connectivity index (χ3v) is 5.75. The lowest BCUT2D eigenvalue weighted by Gasteiger charge is -2.17. The first kappa shape index (κ1) is 26.4. The van der Waals surface area contributed by atoms with Crippen molar-refractivity contribution >= 4 is 22.6 Å². The number of fused-ring (bicyclic) bond motifs is 1. The van der Waals surface area contributed by atoms with Gasteiger partial charge in [0.05, 0.1) is 11.6 Å². The molecule has 7 heteroatoms. The van der Waals surface area contributed by atoms with E-state index in [4.69, 9.17) is 19.2 Å². The molecule has 0 fully saturated rings. The van der Waals surface area contributed by atoms with Gasteiger partial charge < -0.3 is 19.7 Å². The fourth-order valence-corrected chi connectivity index (χ4v) is 3.85. The Labute approximate surface area is 221 Å². The van der Waals surface area contributed by atoms with Crippen LogP contribution in [0.15, 0.2) is 103 Å². The summed E-state index contributed by atoms with van der Waals surface area (Å²) in [5.74, 6) is 0.204. The Bertz CT molecular complexity index is 1390.